The fourth-order valence-electron chi connectivity index (χ4n) is 13.9. The number of hydrogen-bond donors (Lipinski definition) is 0. The van der Waals surface area contributed by atoms with Gasteiger partial charge in [0.1, 0.15) is 0 Å². The van der Waals surface area contributed by atoms with Gasteiger partial charge in [0.2, 0.25) is 0 Å². The molecule has 4 aliphatic rings. The minimum atomic E-state index is -0.521. The number of benzene rings is 10. The highest BCUT2D eigenvalue weighted by atomic mass is 15.1. The predicted molar refractivity (Wildman–Crippen MR) is 297 cm³/mol. The van der Waals surface area contributed by atoms with Gasteiger partial charge in [-0.05, 0) is 148 Å². The van der Waals surface area contributed by atoms with Crippen molar-refractivity contribution in [3.8, 4) is 55.6 Å². The Hall–Kier alpha value is -8.00. The van der Waals surface area contributed by atoms with Crippen LogP contribution in [0.15, 0.2) is 224 Å². The highest BCUT2D eigenvalue weighted by Crippen LogP contribution is 2.62. The lowest BCUT2D eigenvalue weighted by molar-refractivity contribution is 0.652. The minimum absolute atomic E-state index is 0.145. The van der Waals surface area contributed by atoms with Gasteiger partial charge >= 0.3 is 0 Å². The van der Waals surface area contributed by atoms with Crippen molar-refractivity contribution in [3.05, 3.63) is 280 Å². The van der Waals surface area contributed by atoms with E-state index in [1.807, 2.05) is 0 Å². The van der Waals surface area contributed by atoms with Crippen LogP contribution in [0.25, 0.3) is 55.6 Å². The molecule has 0 heterocycles. The molecule has 10 aromatic carbocycles. The number of anilines is 3. The van der Waals surface area contributed by atoms with E-state index >= 15 is 0 Å². The average molecular weight is 910 g/mol. The molecule has 1 nitrogen and oxygen atoms in total. The molecule has 4 aliphatic carbocycles. The number of nitrogens with zero attached hydrogens (tertiary/aromatic N) is 1. The van der Waals surface area contributed by atoms with E-state index < -0.39 is 5.41 Å². The van der Waals surface area contributed by atoms with Crippen molar-refractivity contribution in [1.82, 2.24) is 0 Å². The fraction of sp³-hybridized carbons (Fsp3) is 0.143. The number of rotatable bonds is 6. The summed E-state index contributed by atoms with van der Waals surface area (Å²) in [7, 11) is 0. The largest absolute Gasteiger partial charge is 0.310 e. The van der Waals surface area contributed by atoms with Crippen LogP contribution in [0.1, 0.15) is 97.2 Å². The summed E-state index contributed by atoms with van der Waals surface area (Å²) >= 11 is 0. The second-order valence-electron chi connectivity index (χ2n) is 22.0. The third-order valence-corrected chi connectivity index (χ3v) is 17.3. The molecule has 0 unspecified atom stereocenters. The van der Waals surface area contributed by atoms with E-state index in [0.717, 1.165) is 11.4 Å². The van der Waals surface area contributed by atoms with Crippen LogP contribution in [0.4, 0.5) is 17.1 Å². The molecule has 14 rings (SSSR count). The molecule has 0 amide bonds. The van der Waals surface area contributed by atoms with Crippen molar-refractivity contribution in [2.24, 2.45) is 0 Å². The smallest absolute Gasteiger partial charge is 0.0714 e. The van der Waals surface area contributed by atoms with Gasteiger partial charge in [-0.25, -0.2) is 0 Å². The maximum atomic E-state index is 2.59. The van der Waals surface area contributed by atoms with E-state index in [1.165, 1.54) is 117 Å². The summed E-state index contributed by atoms with van der Waals surface area (Å²) in [4.78, 5) is 2.59. The lowest BCUT2D eigenvalue weighted by atomic mass is 9.68. The molecule has 0 aromatic heterocycles. The molecule has 0 saturated heterocycles. The first-order chi connectivity index (χ1) is 34.5. The summed E-state index contributed by atoms with van der Waals surface area (Å²) in [5, 5.41) is 0. The predicted octanol–water partition coefficient (Wildman–Crippen LogP) is 18.1. The molecular weight excluding hydrogens is 855 g/mol. The van der Waals surface area contributed by atoms with E-state index in [1.54, 1.807) is 0 Å². The zero-order valence-electron chi connectivity index (χ0n) is 41.3. The van der Waals surface area contributed by atoms with Crippen LogP contribution in [0.5, 0.6) is 0 Å². The van der Waals surface area contributed by atoms with Gasteiger partial charge in [0.15, 0.2) is 0 Å². The van der Waals surface area contributed by atoms with E-state index in [9.17, 15) is 0 Å². The van der Waals surface area contributed by atoms with Crippen molar-refractivity contribution in [2.45, 2.75) is 63.2 Å². The first-order valence-electron chi connectivity index (χ1n) is 25.4. The maximum Gasteiger partial charge on any atom is 0.0714 e. The van der Waals surface area contributed by atoms with Crippen LogP contribution < -0.4 is 4.90 Å². The quantitative estimate of drug-likeness (QED) is 0.161. The van der Waals surface area contributed by atoms with Gasteiger partial charge < -0.3 is 4.90 Å². The maximum absolute atomic E-state index is 2.59. The van der Waals surface area contributed by atoms with Crippen molar-refractivity contribution in [1.29, 1.82) is 0 Å². The van der Waals surface area contributed by atoms with Gasteiger partial charge in [0.25, 0.3) is 0 Å². The zero-order chi connectivity index (χ0) is 48.0. The van der Waals surface area contributed by atoms with E-state index in [2.05, 4.69) is 271 Å². The molecule has 0 bridgehead atoms. The Labute approximate surface area is 418 Å². The summed E-state index contributed by atoms with van der Waals surface area (Å²) in [5.74, 6) is 0. The Morgan fingerprint density at radius 3 is 1.37 bits per heavy atom. The zero-order valence-corrected chi connectivity index (χ0v) is 41.3. The standard InChI is InChI=1S/C70H55N/c1-67(2)56-31-18-16-28-50(56)51-38-36-47(40-60(51)67)71(64-35-21-34-59-66(64)53-29-17-19-32-57(53)70(59,45-24-12-8-13-25-45)46-26-14-9-15-27-46)48-37-39-52-54-42-63-55(43-62(54)69(5,6)61(52)41-48)65-49(44-22-10-7-11-23-44)30-20-33-58(65)68(63,3)4/h7-43H,1-6H3. The second-order valence-corrected chi connectivity index (χ2v) is 22.0. The van der Waals surface area contributed by atoms with Crippen molar-refractivity contribution in [3.63, 3.8) is 0 Å². The summed E-state index contributed by atoms with van der Waals surface area (Å²) in [6.07, 6.45) is 0. The molecule has 0 fully saturated rings. The summed E-state index contributed by atoms with van der Waals surface area (Å²) < 4.78 is 0. The Morgan fingerprint density at radius 1 is 0.268 bits per heavy atom. The van der Waals surface area contributed by atoms with Gasteiger partial charge in [-0.15, -0.1) is 0 Å². The number of hydrogen-bond acceptors (Lipinski definition) is 1. The van der Waals surface area contributed by atoms with Crippen molar-refractivity contribution >= 4 is 17.1 Å². The van der Waals surface area contributed by atoms with Crippen molar-refractivity contribution < 1.29 is 0 Å². The van der Waals surface area contributed by atoms with Gasteiger partial charge in [-0.2, -0.15) is 0 Å². The normalized spacial score (nSPS) is 15.9. The summed E-state index contributed by atoms with van der Waals surface area (Å²) in [6, 6.07) is 85.2. The van der Waals surface area contributed by atoms with Gasteiger partial charge in [0.05, 0.1) is 11.1 Å². The molecule has 1 heteroatoms. The third kappa shape index (κ3) is 5.58. The van der Waals surface area contributed by atoms with Crippen LogP contribution in [-0.4, -0.2) is 0 Å². The Kier molecular flexibility index (Phi) is 8.72. The highest BCUT2D eigenvalue weighted by molar-refractivity contribution is 6.00. The van der Waals surface area contributed by atoms with Crippen molar-refractivity contribution in [2.75, 3.05) is 4.90 Å². The lowest BCUT2D eigenvalue weighted by Gasteiger charge is -2.34. The molecule has 0 spiro atoms. The van der Waals surface area contributed by atoms with E-state index in [-0.39, 0.29) is 16.2 Å². The topological polar surface area (TPSA) is 3.24 Å². The molecule has 0 saturated carbocycles. The van der Waals surface area contributed by atoms with Crippen LogP contribution in [-0.2, 0) is 21.7 Å². The SMILES string of the molecule is CC1(C)c2ccccc2-c2ccc(N(c3ccc4c(c3)C(C)(C)c3cc5c(cc3-4)C(C)(C)c3cccc(-c4ccccc4)c3-5)c3cccc4c3-c3ccccc3C4(c3ccccc3)c3ccccc3)cc21. The van der Waals surface area contributed by atoms with Gasteiger partial charge in [-0.1, -0.05) is 224 Å². The molecule has 340 valence electrons. The minimum Gasteiger partial charge on any atom is -0.310 e. The molecule has 0 aliphatic heterocycles. The first kappa shape index (κ1) is 41.9. The molecule has 0 atom stereocenters. The van der Waals surface area contributed by atoms with E-state index in [0.29, 0.717) is 0 Å². The average Bonchev–Trinajstić information content (AvgIpc) is 4.01. The lowest BCUT2D eigenvalue weighted by Crippen LogP contribution is -2.28. The first-order valence-corrected chi connectivity index (χ1v) is 25.4. The van der Waals surface area contributed by atoms with Crippen LogP contribution in [0.2, 0.25) is 0 Å². The Bertz CT molecular complexity index is 3790. The van der Waals surface area contributed by atoms with Gasteiger partial charge in [-0.3, -0.25) is 0 Å². The Balaban J connectivity index is 1.00. The molecular formula is C70H55N. The third-order valence-electron chi connectivity index (χ3n) is 17.3. The number of fused-ring (bicyclic) bond motifs is 12. The Morgan fingerprint density at radius 2 is 0.704 bits per heavy atom. The highest BCUT2D eigenvalue weighted by Gasteiger charge is 2.48. The van der Waals surface area contributed by atoms with Gasteiger partial charge in [0, 0.05) is 33.2 Å². The molecule has 10 aromatic rings. The molecule has 0 radical (unpaired) electrons. The summed E-state index contributed by atoms with van der Waals surface area (Å²) in [6.45, 7) is 14.5. The molecule has 0 N–H and O–H groups in total. The second kappa shape index (κ2) is 14.8. The molecule has 71 heavy (non-hydrogen) atoms. The van der Waals surface area contributed by atoms with Crippen LogP contribution in [0, 0.1) is 0 Å². The summed E-state index contributed by atoms with van der Waals surface area (Å²) in [5.41, 5.74) is 29.0. The van der Waals surface area contributed by atoms with Crippen LogP contribution in [0.3, 0.4) is 0 Å². The monoisotopic (exact) mass is 909 g/mol. The fourth-order valence-corrected chi connectivity index (χ4v) is 13.9. The van der Waals surface area contributed by atoms with Crippen LogP contribution >= 0.6 is 0 Å². The van der Waals surface area contributed by atoms with E-state index in [4.69, 9.17) is 0 Å².